The number of hydrogen-bond donors (Lipinski definition) is 0. The minimum Gasteiger partial charge on any atom is -0.339 e. The first kappa shape index (κ1) is 15.3. The van der Waals surface area contributed by atoms with E-state index in [-0.39, 0.29) is 5.91 Å². The van der Waals surface area contributed by atoms with Crippen molar-refractivity contribution in [3.63, 3.8) is 0 Å². The van der Waals surface area contributed by atoms with Gasteiger partial charge in [0.05, 0.1) is 8.45 Å². The Kier molecular flexibility index (Phi) is 4.93. The van der Waals surface area contributed by atoms with Crippen LogP contribution in [0.3, 0.4) is 0 Å². The number of likely N-dealkylation sites (tertiary alicyclic amines) is 1. The summed E-state index contributed by atoms with van der Waals surface area (Å²) in [6, 6.07) is 2.00. The van der Waals surface area contributed by atoms with Gasteiger partial charge >= 0.3 is 0 Å². The van der Waals surface area contributed by atoms with Gasteiger partial charge in [-0.2, -0.15) is 0 Å². The van der Waals surface area contributed by atoms with Crippen molar-refractivity contribution in [2.24, 2.45) is 11.3 Å². The SMILES string of the molecule is CC(C)(C)C1CCCN(C(=O)c2csc(I)c2)CC1. The van der Waals surface area contributed by atoms with Gasteiger partial charge in [-0.1, -0.05) is 20.8 Å². The van der Waals surface area contributed by atoms with E-state index < -0.39 is 0 Å². The maximum atomic E-state index is 12.5. The highest BCUT2D eigenvalue weighted by atomic mass is 127. The van der Waals surface area contributed by atoms with Gasteiger partial charge in [0.1, 0.15) is 0 Å². The van der Waals surface area contributed by atoms with Gasteiger partial charge in [-0.05, 0) is 59.3 Å². The molecule has 2 nitrogen and oxygen atoms in total. The number of carbonyl (C=O) groups is 1. The molecule has 0 N–H and O–H groups in total. The van der Waals surface area contributed by atoms with Crippen LogP contribution in [-0.4, -0.2) is 23.9 Å². The minimum atomic E-state index is 0.216. The van der Waals surface area contributed by atoms with E-state index in [1.54, 1.807) is 11.3 Å². The van der Waals surface area contributed by atoms with Crippen LogP contribution in [0.15, 0.2) is 11.4 Å². The summed E-state index contributed by atoms with van der Waals surface area (Å²) in [4.78, 5) is 14.5. The molecular formula is C15H22INOS. The molecule has 4 heteroatoms. The van der Waals surface area contributed by atoms with Gasteiger partial charge in [-0.25, -0.2) is 0 Å². The number of halogens is 1. The molecule has 1 aromatic heterocycles. The summed E-state index contributed by atoms with van der Waals surface area (Å²) in [5, 5.41) is 1.98. The zero-order chi connectivity index (χ0) is 14.0. The lowest BCUT2D eigenvalue weighted by Crippen LogP contribution is -2.32. The third-order valence-corrected chi connectivity index (χ3v) is 5.84. The highest BCUT2D eigenvalue weighted by molar-refractivity contribution is 14.1. The van der Waals surface area contributed by atoms with Crippen molar-refractivity contribution in [2.45, 2.75) is 40.0 Å². The first-order valence-corrected chi connectivity index (χ1v) is 8.87. The molecular weight excluding hydrogens is 369 g/mol. The van der Waals surface area contributed by atoms with E-state index in [1.165, 1.54) is 9.30 Å². The van der Waals surface area contributed by atoms with E-state index in [0.717, 1.165) is 37.4 Å². The minimum absolute atomic E-state index is 0.216. The Hall–Kier alpha value is -0.100. The van der Waals surface area contributed by atoms with Gasteiger partial charge in [-0.15, -0.1) is 11.3 Å². The Balaban J connectivity index is 2.01. The Bertz CT molecular complexity index is 449. The van der Waals surface area contributed by atoms with Crippen molar-refractivity contribution in [3.8, 4) is 0 Å². The third-order valence-electron chi connectivity index (χ3n) is 4.05. The maximum absolute atomic E-state index is 12.5. The summed E-state index contributed by atoms with van der Waals surface area (Å²) in [5.74, 6) is 0.946. The summed E-state index contributed by atoms with van der Waals surface area (Å²) in [7, 11) is 0. The fraction of sp³-hybridized carbons (Fsp3) is 0.667. The molecule has 1 atom stereocenters. The zero-order valence-electron chi connectivity index (χ0n) is 11.9. The standard InChI is InChI=1S/C15H22INOS/c1-15(2,3)12-5-4-7-17(8-6-12)14(18)11-9-13(16)19-10-11/h9-10,12H,4-8H2,1-3H3. The Morgan fingerprint density at radius 3 is 2.68 bits per heavy atom. The molecule has 1 fully saturated rings. The van der Waals surface area contributed by atoms with Crippen molar-refractivity contribution in [1.82, 2.24) is 4.90 Å². The van der Waals surface area contributed by atoms with Crippen LogP contribution in [0, 0.1) is 14.2 Å². The lowest BCUT2D eigenvalue weighted by atomic mass is 9.77. The van der Waals surface area contributed by atoms with Crippen molar-refractivity contribution in [2.75, 3.05) is 13.1 Å². The Morgan fingerprint density at radius 1 is 1.37 bits per heavy atom. The molecule has 1 amide bonds. The van der Waals surface area contributed by atoms with E-state index in [4.69, 9.17) is 0 Å². The fourth-order valence-electron chi connectivity index (χ4n) is 2.77. The highest BCUT2D eigenvalue weighted by Crippen LogP contribution is 2.34. The largest absolute Gasteiger partial charge is 0.339 e. The molecule has 0 bridgehead atoms. The van der Waals surface area contributed by atoms with E-state index in [1.807, 2.05) is 16.3 Å². The fourth-order valence-corrected chi connectivity index (χ4v) is 4.09. The number of thiophene rings is 1. The number of nitrogens with zero attached hydrogens (tertiary/aromatic N) is 1. The topological polar surface area (TPSA) is 20.3 Å². The zero-order valence-corrected chi connectivity index (χ0v) is 14.9. The second-order valence-electron chi connectivity index (χ2n) is 6.43. The summed E-state index contributed by atoms with van der Waals surface area (Å²) < 4.78 is 1.18. The molecule has 2 heterocycles. The molecule has 106 valence electrons. The molecule has 0 spiro atoms. The van der Waals surface area contributed by atoms with Crippen LogP contribution in [0.2, 0.25) is 0 Å². The molecule has 1 aromatic rings. The van der Waals surface area contributed by atoms with Crippen LogP contribution in [0.25, 0.3) is 0 Å². The van der Waals surface area contributed by atoms with Gasteiger partial charge in [0, 0.05) is 18.5 Å². The first-order chi connectivity index (χ1) is 8.88. The monoisotopic (exact) mass is 391 g/mol. The van der Waals surface area contributed by atoms with Gasteiger partial charge < -0.3 is 4.90 Å². The molecule has 0 aromatic carbocycles. The molecule has 2 rings (SSSR count). The molecule has 1 aliphatic heterocycles. The molecule has 1 aliphatic rings. The summed E-state index contributed by atoms with van der Waals surface area (Å²) in [5.41, 5.74) is 1.22. The lowest BCUT2D eigenvalue weighted by Gasteiger charge is -2.29. The van der Waals surface area contributed by atoms with Crippen LogP contribution in [0.1, 0.15) is 50.4 Å². The summed E-state index contributed by atoms with van der Waals surface area (Å²) in [6.45, 7) is 8.77. The van der Waals surface area contributed by atoms with Crippen molar-refractivity contribution < 1.29 is 4.79 Å². The summed E-state index contributed by atoms with van der Waals surface area (Å²) >= 11 is 3.92. The van der Waals surface area contributed by atoms with Gasteiger partial charge in [0.15, 0.2) is 0 Å². The average molecular weight is 391 g/mol. The van der Waals surface area contributed by atoms with Crippen LogP contribution in [0.4, 0.5) is 0 Å². The highest BCUT2D eigenvalue weighted by Gasteiger charge is 2.28. The third kappa shape index (κ3) is 3.94. The van der Waals surface area contributed by atoms with Crippen molar-refractivity contribution in [1.29, 1.82) is 0 Å². The van der Waals surface area contributed by atoms with Crippen LogP contribution in [-0.2, 0) is 0 Å². The molecule has 0 radical (unpaired) electrons. The van der Waals surface area contributed by atoms with Crippen LogP contribution in [0.5, 0.6) is 0 Å². The average Bonchev–Trinajstić information content (AvgIpc) is 2.62. The van der Waals surface area contributed by atoms with Gasteiger partial charge in [0.2, 0.25) is 0 Å². The van der Waals surface area contributed by atoms with E-state index in [9.17, 15) is 4.79 Å². The second-order valence-corrected chi connectivity index (χ2v) is 9.23. The quantitative estimate of drug-likeness (QED) is 0.639. The normalized spacial score (nSPS) is 21.3. The first-order valence-electron chi connectivity index (χ1n) is 6.91. The number of rotatable bonds is 1. The number of carbonyl (C=O) groups excluding carboxylic acids is 1. The van der Waals surface area contributed by atoms with Crippen molar-refractivity contribution in [3.05, 3.63) is 19.9 Å². The predicted molar refractivity (Wildman–Crippen MR) is 89.7 cm³/mol. The summed E-state index contributed by atoms with van der Waals surface area (Å²) in [6.07, 6.45) is 3.51. The van der Waals surface area contributed by atoms with Crippen LogP contribution >= 0.6 is 33.9 Å². The molecule has 0 saturated carbocycles. The van der Waals surface area contributed by atoms with E-state index >= 15 is 0 Å². The Morgan fingerprint density at radius 2 is 2.11 bits per heavy atom. The van der Waals surface area contributed by atoms with Gasteiger partial charge in [0.25, 0.3) is 5.91 Å². The van der Waals surface area contributed by atoms with E-state index in [0.29, 0.717) is 5.41 Å². The Labute approximate surface area is 133 Å². The lowest BCUT2D eigenvalue weighted by molar-refractivity contribution is 0.0756. The van der Waals surface area contributed by atoms with Gasteiger partial charge in [-0.3, -0.25) is 4.79 Å². The molecule has 19 heavy (non-hydrogen) atoms. The second kappa shape index (κ2) is 6.12. The number of hydrogen-bond acceptors (Lipinski definition) is 2. The van der Waals surface area contributed by atoms with Crippen molar-refractivity contribution >= 4 is 39.8 Å². The molecule has 1 saturated heterocycles. The number of amides is 1. The smallest absolute Gasteiger partial charge is 0.254 e. The van der Waals surface area contributed by atoms with Crippen LogP contribution < -0.4 is 0 Å². The molecule has 0 aliphatic carbocycles. The van der Waals surface area contributed by atoms with E-state index in [2.05, 4.69) is 43.4 Å². The maximum Gasteiger partial charge on any atom is 0.254 e. The predicted octanol–water partition coefficient (Wildman–Crippen LogP) is 4.64. The molecule has 1 unspecified atom stereocenters.